The third-order valence-corrected chi connectivity index (χ3v) is 4.67. The zero-order valence-corrected chi connectivity index (χ0v) is 12.3. The molecule has 7 nitrogen and oxygen atoms in total. The van der Waals surface area contributed by atoms with Gasteiger partial charge < -0.3 is 5.11 Å². The van der Waals surface area contributed by atoms with E-state index in [2.05, 4.69) is 10.3 Å². The van der Waals surface area contributed by atoms with Crippen molar-refractivity contribution in [1.82, 2.24) is 19.3 Å². The van der Waals surface area contributed by atoms with Crippen LogP contribution < -0.4 is 0 Å². The second-order valence-electron chi connectivity index (χ2n) is 5.41. The molecule has 2 heterocycles. The Morgan fingerprint density at radius 3 is 2.68 bits per heavy atom. The van der Waals surface area contributed by atoms with Crippen LogP contribution in [0.3, 0.4) is 0 Å². The molecule has 1 saturated heterocycles. The quantitative estimate of drug-likeness (QED) is 0.852. The van der Waals surface area contributed by atoms with Crippen LogP contribution in [-0.4, -0.2) is 52.2 Å². The van der Waals surface area contributed by atoms with E-state index >= 15 is 0 Å². The predicted molar refractivity (Wildman–Crippen MR) is 70.0 cm³/mol. The Hall–Kier alpha value is -0.990. The summed E-state index contributed by atoms with van der Waals surface area (Å²) in [4.78, 5) is 0. The molecule has 19 heavy (non-hydrogen) atoms. The van der Waals surface area contributed by atoms with Crippen molar-refractivity contribution in [3.63, 3.8) is 0 Å². The topological polar surface area (TPSA) is 88.3 Å². The van der Waals surface area contributed by atoms with E-state index in [4.69, 9.17) is 0 Å². The second kappa shape index (κ2) is 4.84. The average Bonchev–Trinajstić information content (AvgIpc) is 2.77. The molecule has 0 spiro atoms. The maximum absolute atomic E-state index is 11.6. The molecule has 1 aliphatic rings. The third kappa shape index (κ3) is 2.96. The van der Waals surface area contributed by atoms with Crippen molar-refractivity contribution in [3.8, 4) is 0 Å². The lowest BCUT2D eigenvalue weighted by Crippen LogP contribution is -2.48. The molecule has 108 valence electrons. The van der Waals surface area contributed by atoms with Crippen LogP contribution in [0, 0.1) is 0 Å². The minimum absolute atomic E-state index is 0.0443. The Morgan fingerprint density at radius 1 is 1.47 bits per heavy atom. The van der Waals surface area contributed by atoms with Crippen LogP contribution in [0.4, 0.5) is 0 Å². The molecule has 1 fully saturated rings. The van der Waals surface area contributed by atoms with E-state index in [1.165, 1.54) is 4.31 Å². The molecule has 0 bridgehead atoms. The highest BCUT2D eigenvalue weighted by Crippen LogP contribution is 2.31. The van der Waals surface area contributed by atoms with E-state index < -0.39 is 15.6 Å². The van der Waals surface area contributed by atoms with Gasteiger partial charge in [0, 0.05) is 19.1 Å². The molecule has 2 rings (SSSR count). The molecule has 0 saturated carbocycles. The van der Waals surface area contributed by atoms with Crippen LogP contribution in [0.2, 0.25) is 0 Å². The van der Waals surface area contributed by atoms with Gasteiger partial charge in [0.2, 0.25) is 10.0 Å². The Morgan fingerprint density at radius 2 is 2.16 bits per heavy atom. The summed E-state index contributed by atoms with van der Waals surface area (Å²) in [5.41, 5.74) is -0.802. The molecule has 0 aromatic carbocycles. The number of aliphatic hydroxyl groups is 1. The van der Waals surface area contributed by atoms with Gasteiger partial charge in [-0.1, -0.05) is 5.21 Å². The van der Waals surface area contributed by atoms with Crippen molar-refractivity contribution < 1.29 is 13.5 Å². The highest BCUT2D eigenvalue weighted by molar-refractivity contribution is 7.88. The lowest BCUT2D eigenvalue weighted by atomic mass is 9.91. The van der Waals surface area contributed by atoms with Gasteiger partial charge in [0.15, 0.2) is 0 Å². The molecule has 0 amide bonds. The summed E-state index contributed by atoms with van der Waals surface area (Å²) in [6, 6.07) is 0.152. The summed E-state index contributed by atoms with van der Waals surface area (Å²) in [5, 5.41) is 18.6. The van der Waals surface area contributed by atoms with Crippen molar-refractivity contribution in [2.45, 2.75) is 38.3 Å². The zero-order chi connectivity index (χ0) is 14.3. The summed E-state index contributed by atoms with van der Waals surface area (Å²) in [5.74, 6) is 0. The maximum Gasteiger partial charge on any atom is 0.211 e. The van der Waals surface area contributed by atoms with Gasteiger partial charge in [-0.2, -0.15) is 4.31 Å². The van der Waals surface area contributed by atoms with Crippen LogP contribution in [0.15, 0.2) is 6.20 Å². The molecule has 1 aromatic rings. The molecular weight excluding hydrogens is 268 g/mol. The molecular formula is C11H20N4O3S. The highest BCUT2D eigenvalue weighted by Gasteiger charge is 2.40. The summed E-state index contributed by atoms with van der Waals surface area (Å²) in [6.45, 7) is 4.42. The predicted octanol–water partition coefficient (Wildman–Crippen LogP) is 0.102. The SMILES string of the molecule is CC(C)n1cc([C@]2(O)CCCN(S(C)(=O)=O)C2)nn1. The Labute approximate surface area is 113 Å². The van der Waals surface area contributed by atoms with Crippen LogP contribution in [0.25, 0.3) is 0 Å². The molecule has 1 aromatic heterocycles. The first-order valence-corrected chi connectivity index (χ1v) is 8.17. The number of sulfonamides is 1. The highest BCUT2D eigenvalue weighted by atomic mass is 32.2. The lowest BCUT2D eigenvalue weighted by molar-refractivity contribution is -0.0160. The molecule has 1 N–H and O–H groups in total. The number of hydrogen-bond donors (Lipinski definition) is 1. The summed E-state index contributed by atoms with van der Waals surface area (Å²) in [6.07, 6.45) is 3.95. The fraction of sp³-hybridized carbons (Fsp3) is 0.818. The first-order valence-electron chi connectivity index (χ1n) is 6.32. The van der Waals surface area contributed by atoms with Gasteiger partial charge in [0.25, 0.3) is 0 Å². The van der Waals surface area contributed by atoms with Crippen LogP contribution in [0.5, 0.6) is 0 Å². The van der Waals surface area contributed by atoms with Gasteiger partial charge in [-0.15, -0.1) is 5.10 Å². The van der Waals surface area contributed by atoms with Gasteiger partial charge >= 0.3 is 0 Å². The number of β-amino-alcohol motifs (C(OH)–C–C–N with tert-alkyl or cyclic N) is 1. The normalized spacial score (nSPS) is 25.9. The third-order valence-electron chi connectivity index (χ3n) is 3.42. The van der Waals surface area contributed by atoms with Crippen molar-refractivity contribution in [2.75, 3.05) is 19.3 Å². The first-order chi connectivity index (χ1) is 8.72. The lowest BCUT2D eigenvalue weighted by Gasteiger charge is -2.36. The van der Waals surface area contributed by atoms with E-state index in [9.17, 15) is 13.5 Å². The van der Waals surface area contributed by atoms with E-state index in [-0.39, 0.29) is 12.6 Å². The smallest absolute Gasteiger partial charge is 0.211 e. The molecule has 8 heteroatoms. The van der Waals surface area contributed by atoms with Crippen LogP contribution in [-0.2, 0) is 15.6 Å². The zero-order valence-electron chi connectivity index (χ0n) is 11.4. The van der Waals surface area contributed by atoms with Crippen molar-refractivity contribution in [2.24, 2.45) is 0 Å². The number of piperidine rings is 1. The Balaban J connectivity index is 2.26. The van der Waals surface area contributed by atoms with Crippen molar-refractivity contribution in [3.05, 3.63) is 11.9 Å². The Kier molecular flexibility index (Phi) is 3.67. The van der Waals surface area contributed by atoms with Gasteiger partial charge in [-0.05, 0) is 26.7 Å². The minimum Gasteiger partial charge on any atom is -0.382 e. The summed E-state index contributed by atoms with van der Waals surface area (Å²) in [7, 11) is -3.30. The molecule has 0 unspecified atom stereocenters. The second-order valence-corrected chi connectivity index (χ2v) is 7.39. The van der Waals surface area contributed by atoms with E-state index in [0.29, 0.717) is 25.1 Å². The van der Waals surface area contributed by atoms with E-state index in [1.54, 1.807) is 10.9 Å². The molecule has 1 atom stereocenters. The van der Waals surface area contributed by atoms with E-state index in [0.717, 1.165) is 6.26 Å². The number of nitrogens with zero attached hydrogens (tertiary/aromatic N) is 4. The summed E-state index contributed by atoms with van der Waals surface area (Å²) < 4.78 is 26.1. The van der Waals surface area contributed by atoms with Crippen LogP contribution >= 0.6 is 0 Å². The van der Waals surface area contributed by atoms with Crippen molar-refractivity contribution >= 4 is 10.0 Å². The number of aromatic nitrogens is 3. The largest absolute Gasteiger partial charge is 0.382 e. The fourth-order valence-corrected chi connectivity index (χ4v) is 3.14. The summed E-state index contributed by atoms with van der Waals surface area (Å²) >= 11 is 0. The fourth-order valence-electron chi connectivity index (χ4n) is 2.23. The van der Waals surface area contributed by atoms with Gasteiger partial charge in [0.05, 0.1) is 12.5 Å². The maximum atomic E-state index is 11.6. The van der Waals surface area contributed by atoms with Gasteiger partial charge in [-0.25, -0.2) is 13.1 Å². The molecule has 0 aliphatic carbocycles. The van der Waals surface area contributed by atoms with Crippen LogP contribution in [0.1, 0.15) is 38.4 Å². The number of hydrogen-bond acceptors (Lipinski definition) is 5. The standard InChI is InChI=1S/C11H20N4O3S/c1-9(2)15-7-10(12-13-15)11(16)5-4-6-14(8-11)19(3,17)18/h7,9,16H,4-6,8H2,1-3H3/t11-/m0/s1. The van der Waals surface area contributed by atoms with Gasteiger partial charge in [-0.3, -0.25) is 0 Å². The number of rotatable bonds is 3. The Bertz CT molecular complexity index is 554. The first kappa shape index (κ1) is 14.4. The van der Waals surface area contributed by atoms with Crippen molar-refractivity contribution in [1.29, 1.82) is 0 Å². The van der Waals surface area contributed by atoms with E-state index in [1.807, 2.05) is 13.8 Å². The average molecular weight is 288 g/mol. The van der Waals surface area contributed by atoms with Gasteiger partial charge in [0.1, 0.15) is 11.3 Å². The molecule has 0 radical (unpaired) electrons. The monoisotopic (exact) mass is 288 g/mol. The molecule has 1 aliphatic heterocycles. The minimum atomic E-state index is -3.30.